The molecule has 2 rings (SSSR count). The van der Waals surface area contributed by atoms with Crippen LogP contribution >= 0.6 is 0 Å². The van der Waals surface area contributed by atoms with Crippen LogP contribution < -0.4 is 10.0 Å². The third-order valence-corrected chi connectivity index (χ3v) is 19.5. The van der Waals surface area contributed by atoms with Crippen LogP contribution in [0.5, 0.6) is 0 Å². The van der Waals surface area contributed by atoms with Gasteiger partial charge in [-0.3, -0.25) is 0 Å². The van der Waals surface area contributed by atoms with E-state index in [0.717, 1.165) is 42.2 Å². The smallest absolute Gasteiger partial charge is 0.215 e. The van der Waals surface area contributed by atoms with Gasteiger partial charge in [-0.2, -0.15) is 0 Å². The maximum atomic E-state index is 12.1. The molecule has 32 heavy (non-hydrogen) atoms. The number of rotatable bonds is 14. The lowest BCUT2D eigenvalue weighted by Gasteiger charge is -2.30. The predicted molar refractivity (Wildman–Crippen MR) is 144 cm³/mol. The van der Waals surface area contributed by atoms with Crippen molar-refractivity contribution in [1.29, 1.82) is 0 Å². The quantitative estimate of drug-likeness (QED) is 0.339. The van der Waals surface area contributed by atoms with Crippen LogP contribution in [0.1, 0.15) is 52.7 Å². The van der Waals surface area contributed by atoms with Crippen molar-refractivity contribution in [2.75, 3.05) is 13.7 Å². The van der Waals surface area contributed by atoms with Gasteiger partial charge in [0.15, 0.2) is 8.32 Å². The number of benzene rings is 1. The molecule has 1 aromatic heterocycles. The molecule has 1 aromatic carbocycles. The van der Waals surface area contributed by atoms with Crippen molar-refractivity contribution in [1.82, 2.24) is 9.71 Å². The molecule has 1 heterocycles. The minimum atomic E-state index is -3.31. The van der Waals surface area contributed by atoms with E-state index in [1.807, 2.05) is 6.07 Å². The van der Waals surface area contributed by atoms with Crippen LogP contribution in [0.25, 0.3) is 10.9 Å². The highest BCUT2D eigenvalue weighted by molar-refractivity contribution is 7.88. The maximum Gasteiger partial charge on any atom is 0.215 e. The van der Waals surface area contributed by atoms with Crippen LogP contribution in [-0.2, 0) is 26.6 Å². The van der Waals surface area contributed by atoms with E-state index in [4.69, 9.17) is 4.43 Å². The lowest BCUT2D eigenvalue weighted by atomic mass is 10.1. The standard InChI is InChI=1S/C24H44N2O3SSi2/c1-8-31(9-2,10-3)24-21(16-17-29-32(11-4,12-5)13-6)22-18-20(14-15-23(22)26-24)19-30(27,28)25-7/h14-15,18,25-26H,8-13,16-17,19H2,1-7H3. The highest BCUT2D eigenvalue weighted by atomic mass is 32.2. The summed E-state index contributed by atoms with van der Waals surface area (Å²) >= 11 is 0. The summed E-state index contributed by atoms with van der Waals surface area (Å²) in [6.45, 7) is 14.6. The van der Waals surface area contributed by atoms with E-state index in [2.05, 4.69) is 63.4 Å². The molecule has 0 unspecified atom stereocenters. The zero-order valence-corrected chi connectivity index (χ0v) is 24.0. The number of hydrogen-bond donors (Lipinski definition) is 2. The van der Waals surface area contributed by atoms with Gasteiger partial charge in [0.25, 0.3) is 0 Å². The minimum absolute atomic E-state index is 0.00528. The molecule has 0 spiro atoms. The van der Waals surface area contributed by atoms with Crippen LogP contribution in [-0.4, -0.2) is 43.4 Å². The summed E-state index contributed by atoms with van der Waals surface area (Å²) in [6, 6.07) is 13.2. The van der Waals surface area contributed by atoms with Crippen molar-refractivity contribution in [3.8, 4) is 0 Å². The number of nitrogens with one attached hydrogen (secondary N) is 2. The molecule has 0 saturated carbocycles. The zero-order chi connectivity index (χ0) is 24.0. The molecule has 2 aromatic rings. The first kappa shape index (κ1) is 27.3. The molecular weight excluding hydrogens is 453 g/mol. The summed E-state index contributed by atoms with van der Waals surface area (Å²) in [6.07, 6.45) is 0.890. The van der Waals surface area contributed by atoms with Crippen molar-refractivity contribution in [3.63, 3.8) is 0 Å². The first-order chi connectivity index (χ1) is 15.2. The van der Waals surface area contributed by atoms with Crippen molar-refractivity contribution in [3.05, 3.63) is 29.3 Å². The Morgan fingerprint density at radius 1 is 0.938 bits per heavy atom. The number of sulfonamides is 1. The van der Waals surface area contributed by atoms with E-state index in [0.29, 0.717) is 0 Å². The van der Waals surface area contributed by atoms with Gasteiger partial charge in [-0.25, -0.2) is 13.1 Å². The number of H-pyrrole nitrogens is 1. The Labute approximate surface area is 197 Å². The fourth-order valence-corrected chi connectivity index (χ4v) is 12.4. The van der Waals surface area contributed by atoms with Gasteiger partial charge in [0.1, 0.15) is 8.07 Å². The molecule has 0 aliphatic carbocycles. The predicted octanol–water partition coefficient (Wildman–Crippen LogP) is 5.50. The fraction of sp³-hybridized carbons (Fsp3) is 0.667. The van der Waals surface area contributed by atoms with Gasteiger partial charge in [0.2, 0.25) is 10.0 Å². The van der Waals surface area contributed by atoms with Gasteiger partial charge in [-0.1, -0.05) is 65.7 Å². The van der Waals surface area contributed by atoms with Gasteiger partial charge in [0, 0.05) is 22.8 Å². The summed E-state index contributed by atoms with van der Waals surface area (Å²) in [5.74, 6) is 0.00528. The third-order valence-electron chi connectivity index (χ3n) is 7.89. The van der Waals surface area contributed by atoms with Crippen LogP contribution in [0.15, 0.2) is 18.2 Å². The molecule has 0 aliphatic rings. The van der Waals surface area contributed by atoms with E-state index in [1.54, 1.807) is 0 Å². The van der Waals surface area contributed by atoms with E-state index in [-0.39, 0.29) is 5.75 Å². The molecule has 182 valence electrons. The summed E-state index contributed by atoms with van der Waals surface area (Å²) in [7, 11) is -5.12. The van der Waals surface area contributed by atoms with Crippen molar-refractivity contribution < 1.29 is 12.8 Å². The van der Waals surface area contributed by atoms with Gasteiger partial charge in [0.05, 0.1) is 5.75 Å². The second-order valence-corrected chi connectivity index (χ2v) is 20.9. The lowest BCUT2D eigenvalue weighted by molar-refractivity contribution is 0.304. The molecule has 0 fully saturated rings. The molecule has 0 aliphatic heterocycles. The molecule has 0 amide bonds. The number of aromatic amines is 1. The number of aromatic nitrogens is 1. The Morgan fingerprint density at radius 3 is 2.03 bits per heavy atom. The Morgan fingerprint density at radius 2 is 1.53 bits per heavy atom. The second-order valence-electron chi connectivity index (χ2n) is 9.00. The lowest BCUT2D eigenvalue weighted by Crippen LogP contribution is -2.48. The summed E-state index contributed by atoms with van der Waals surface area (Å²) in [5, 5.41) is 2.63. The van der Waals surface area contributed by atoms with E-state index < -0.39 is 26.4 Å². The van der Waals surface area contributed by atoms with Crippen molar-refractivity contribution >= 4 is 42.6 Å². The average Bonchev–Trinajstić information content (AvgIpc) is 3.17. The molecule has 0 bridgehead atoms. The summed E-state index contributed by atoms with van der Waals surface area (Å²) in [4.78, 5) is 3.80. The molecule has 0 radical (unpaired) electrons. The van der Waals surface area contributed by atoms with Crippen molar-refractivity contribution in [2.24, 2.45) is 0 Å². The Hall–Kier alpha value is -0.936. The van der Waals surface area contributed by atoms with E-state index in [9.17, 15) is 8.42 Å². The average molecular weight is 497 g/mol. The molecule has 2 N–H and O–H groups in total. The van der Waals surface area contributed by atoms with Crippen LogP contribution in [0.4, 0.5) is 0 Å². The van der Waals surface area contributed by atoms with Gasteiger partial charge in [-0.05, 0) is 54.9 Å². The van der Waals surface area contributed by atoms with E-state index in [1.165, 1.54) is 41.4 Å². The highest BCUT2D eigenvalue weighted by Gasteiger charge is 2.34. The molecule has 5 nitrogen and oxygen atoms in total. The first-order valence-electron chi connectivity index (χ1n) is 12.4. The molecule has 0 saturated heterocycles. The second kappa shape index (κ2) is 11.5. The summed E-state index contributed by atoms with van der Waals surface area (Å²) in [5.41, 5.74) is 3.32. The summed E-state index contributed by atoms with van der Waals surface area (Å²) < 4.78 is 33.4. The van der Waals surface area contributed by atoms with Gasteiger partial charge >= 0.3 is 0 Å². The van der Waals surface area contributed by atoms with Crippen LogP contribution in [0.3, 0.4) is 0 Å². The zero-order valence-electron chi connectivity index (χ0n) is 21.2. The number of hydrogen-bond acceptors (Lipinski definition) is 3. The largest absolute Gasteiger partial charge is 0.416 e. The Bertz CT molecular complexity index is 964. The van der Waals surface area contributed by atoms with Gasteiger partial charge < -0.3 is 9.41 Å². The SMILES string of the molecule is CC[Si](CC)(CC)OCCc1c([Si](CC)(CC)CC)[nH]c2ccc(CS(=O)(=O)NC)cc12. The Balaban J connectivity index is 2.54. The van der Waals surface area contributed by atoms with Crippen LogP contribution in [0, 0.1) is 0 Å². The maximum absolute atomic E-state index is 12.1. The van der Waals surface area contributed by atoms with E-state index >= 15 is 0 Å². The normalized spacial score (nSPS) is 13.2. The molecular formula is C24H44N2O3SSi2. The molecule has 8 heteroatoms. The van der Waals surface area contributed by atoms with Crippen LogP contribution in [0.2, 0.25) is 36.3 Å². The van der Waals surface area contributed by atoms with Crippen molar-refractivity contribution in [2.45, 2.75) is 90.0 Å². The molecule has 0 atom stereocenters. The third kappa shape index (κ3) is 5.76. The highest BCUT2D eigenvalue weighted by Crippen LogP contribution is 2.29. The Kier molecular flexibility index (Phi) is 9.78. The van der Waals surface area contributed by atoms with Gasteiger partial charge in [-0.15, -0.1) is 0 Å². The number of fused-ring (bicyclic) bond motifs is 1. The monoisotopic (exact) mass is 496 g/mol. The minimum Gasteiger partial charge on any atom is -0.416 e. The fourth-order valence-electron chi connectivity index (χ4n) is 5.09. The first-order valence-corrected chi connectivity index (χ1v) is 19.2. The topological polar surface area (TPSA) is 71.2 Å².